The zero-order valence-corrected chi connectivity index (χ0v) is 24.0. The monoisotopic (exact) mass is 592 g/mol. The topological polar surface area (TPSA) is 93.5 Å². The van der Waals surface area contributed by atoms with E-state index in [0.29, 0.717) is 42.2 Å². The largest absolute Gasteiger partial charge is 0.489 e. The summed E-state index contributed by atoms with van der Waals surface area (Å²) in [4.78, 5) is 43.8. The molecule has 1 saturated heterocycles. The van der Waals surface area contributed by atoms with E-state index in [1.165, 1.54) is 10.6 Å². The third kappa shape index (κ3) is 4.39. The Bertz CT molecular complexity index is 1840. The Morgan fingerprint density at radius 2 is 2.00 bits per heavy atom. The molecule has 5 heterocycles. The zero-order chi connectivity index (χ0) is 29.9. The summed E-state index contributed by atoms with van der Waals surface area (Å²) >= 11 is 6.87. The van der Waals surface area contributed by atoms with Gasteiger partial charge in [-0.2, -0.15) is 4.98 Å². The summed E-state index contributed by atoms with van der Waals surface area (Å²) in [5, 5.41) is 0.301. The average Bonchev–Trinajstić information content (AvgIpc) is 3.13. The predicted molar refractivity (Wildman–Crippen MR) is 156 cm³/mol. The van der Waals surface area contributed by atoms with Gasteiger partial charge in [0.15, 0.2) is 11.4 Å². The smallest absolute Gasteiger partial charge is 0.355 e. The van der Waals surface area contributed by atoms with Crippen LogP contribution in [0, 0.1) is 18.6 Å². The molecule has 1 fully saturated rings. The Morgan fingerprint density at radius 1 is 1.21 bits per heavy atom. The molecule has 0 radical (unpaired) electrons. The lowest BCUT2D eigenvalue weighted by atomic mass is 10.0. The molecule has 12 heteroatoms. The van der Waals surface area contributed by atoms with Crippen molar-refractivity contribution in [3.05, 3.63) is 81.5 Å². The highest BCUT2D eigenvalue weighted by Crippen LogP contribution is 2.45. The maximum atomic E-state index is 15.1. The molecule has 0 bridgehead atoms. The number of amides is 1. The number of rotatable bonds is 4. The molecule has 2 aliphatic rings. The Morgan fingerprint density at radius 3 is 2.74 bits per heavy atom. The van der Waals surface area contributed by atoms with E-state index < -0.39 is 17.3 Å². The summed E-state index contributed by atoms with van der Waals surface area (Å²) in [6.45, 7) is 10.4. The van der Waals surface area contributed by atoms with Crippen LogP contribution >= 0.6 is 11.6 Å². The number of nitrogens with zero attached hydrogens (tertiary/aromatic N) is 6. The minimum atomic E-state index is -0.745. The van der Waals surface area contributed by atoms with Gasteiger partial charge in [-0.05, 0) is 48.7 Å². The second-order valence-corrected chi connectivity index (χ2v) is 11.0. The number of fused-ring (bicyclic) bond motifs is 2. The van der Waals surface area contributed by atoms with E-state index in [4.69, 9.17) is 21.3 Å². The van der Waals surface area contributed by atoms with Gasteiger partial charge in [0.25, 0.3) is 0 Å². The van der Waals surface area contributed by atoms with Crippen molar-refractivity contribution >= 4 is 34.4 Å². The highest BCUT2D eigenvalue weighted by atomic mass is 35.5. The van der Waals surface area contributed by atoms with Crippen LogP contribution in [-0.4, -0.2) is 62.6 Å². The average molecular weight is 593 g/mol. The molecule has 0 aliphatic carbocycles. The van der Waals surface area contributed by atoms with Crippen LogP contribution in [0.5, 0.6) is 5.75 Å². The van der Waals surface area contributed by atoms with E-state index in [0.717, 1.165) is 23.8 Å². The minimum Gasteiger partial charge on any atom is -0.489 e. The maximum absolute atomic E-state index is 15.1. The Kier molecular flexibility index (Phi) is 6.92. The second-order valence-electron chi connectivity index (χ2n) is 10.6. The van der Waals surface area contributed by atoms with Gasteiger partial charge in [-0.3, -0.25) is 9.78 Å². The van der Waals surface area contributed by atoms with Crippen molar-refractivity contribution in [3.8, 4) is 22.7 Å². The van der Waals surface area contributed by atoms with E-state index in [-0.39, 0.29) is 52.2 Å². The maximum Gasteiger partial charge on any atom is 0.355 e. The minimum absolute atomic E-state index is 0.0499. The molecule has 9 nitrogen and oxygen atoms in total. The Hall–Kier alpha value is -4.38. The standard InChI is InChI=1S/C30H27ClF2N6O3/c1-5-21(40)37-10-11-38-18(13-37)14-42-27-22-28(38)36-30(41)39(26-16(4)8-9-34-24(26)15(2)3)29(22)35-25(23(27)31)19-12-17(32)6-7-20(19)33/h5-9,12,15,18H,1,10-11,13-14H2,2-4H3/t18-/m0/s1. The van der Waals surface area contributed by atoms with Gasteiger partial charge in [-0.15, -0.1) is 0 Å². The number of piperazine rings is 1. The number of aromatic nitrogens is 4. The first-order valence-corrected chi connectivity index (χ1v) is 13.9. The van der Waals surface area contributed by atoms with Crippen LogP contribution < -0.4 is 15.3 Å². The fourth-order valence-electron chi connectivity index (χ4n) is 5.65. The number of pyridine rings is 2. The van der Waals surface area contributed by atoms with E-state index in [1.54, 1.807) is 17.2 Å². The van der Waals surface area contributed by atoms with Gasteiger partial charge in [0, 0.05) is 31.4 Å². The van der Waals surface area contributed by atoms with E-state index in [1.807, 2.05) is 25.7 Å². The lowest BCUT2D eigenvalue weighted by Crippen LogP contribution is -2.56. The number of hydrogen-bond donors (Lipinski definition) is 0. The summed E-state index contributed by atoms with van der Waals surface area (Å²) in [5.74, 6) is -1.28. The molecule has 0 unspecified atom stereocenters. The van der Waals surface area contributed by atoms with Gasteiger partial charge in [-0.1, -0.05) is 32.0 Å². The molecular formula is C30H27ClF2N6O3. The Labute approximate surface area is 245 Å². The first-order chi connectivity index (χ1) is 20.1. The molecule has 216 valence electrons. The van der Waals surface area contributed by atoms with Crippen LogP contribution in [0.1, 0.15) is 31.0 Å². The van der Waals surface area contributed by atoms with Crippen molar-refractivity contribution in [2.45, 2.75) is 32.7 Å². The van der Waals surface area contributed by atoms with Crippen LogP contribution in [0.15, 0.2) is 47.9 Å². The third-order valence-corrected chi connectivity index (χ3v) is 8.02. The highest BCUT2D eigenvalue weighted by molar-refractivity contribution is 6.36. The van der Waals surface area contributed by atoms with Crippen LogP contribution in [-0.2, 0) is 4.79 Å². The molecule has 1 amide bonds. The van der Waals surface area contributed by atoms with E-state index in [9.17, 15) is 14.0 Å². The molecule has 0 saturated carbocycles. The van der Waals surface area contributed by atoms with Crippen molar-refractivity contribution in [2.75, 3.05) is 31.1 Å². The number of anilines is 1. The normalized spacial score (nSPS) is 16.3. The van der Waals surface area contributed by atoms with Gasteiger partial charge in [-0.25, -0.2) is 23.1 Å². The van der Waals surface area contributed by atoms with Gasteiger partial charge in [0.05, 0.1) is 23.1 Å². The predicted octanol–water partition coefficient (Wildman–Crippen LogP) is 4.80. The molecule has 42 heavy (non-hydrogen) atoms. The quantitative estimate of drug-likeness (QED) is 0.314. The fraction of sp³-hybridized carbons (Fsp3) is 0.300. The molecule has 1 atom stereocenters. The third-order valence-electron chi connectivity index (χ3n) is 7.67. The summed E-state index contributed by atoms with van der Waals surface area (Å²) < 4.78 is 37.1. The molecule has 0 N–H and O–H groups in total. The number of carbonyl (C=O) groups excluding carboxylic acids is 1. The number of ether oxygens (including phenoxy) is 1. The van der Waals surface area contributed by atoms with Crippen molar-refractivity contribution in [1.82, 2.24) is 24.4 Å². The van der Waals surface area contributed by atoms with Gasteiger partial charge in [0.2, 0.25) is 5.91 Å². The number of halogens is 3. The zero-order valence-electron chi connectivity index (χ0n) is 23.2. The molecular weight excluding hydrogens is 566 g/mol. The molecule has 6 rings (SSSR count). The number of benzene rings is 1. The van der Waals surface area contributed by atoms with Crippen LogP contribution in [0.25, 0.3) is 28.0 Å². The van der Waals surface area contributed by atoms with Gasteiger partial charge in [0.1, 0.15) is 34.5 Å². The molecule has 4 aromatic rings. The van der Waals surface area contributed by atoms with Gasteiger partial charge >= 0.3 is 5.69 Å². The lowest BCUT2D eigenvalue weighted by molar-refractivity contribution is -0.126. The fourth-order valence-corrected chi connectivity index (χ4v) is 5.95. The molecule has 2 aliphatic heterocycles. The summed E-state index contributed by atoms with van der Waals surface area (Å²) in [6.07, 6.45) is 2.92. The summed E-state index contributed by atoms with van der Waals surface area (Å²) in [6, 6.07) is 4.39. The van der Waals surface area contributed by atoms with Crippen molar-refractivity contribution in [2.24, 2.45) is 0 Å². The second kappa shape index (κ2) is 10.5. The van der Waals surface area contributed by atoms with Crippen LogP contribution in [0.4, 0.5) is 14.6 Å². The van der Waals surface area contributed by atoms with Crippen molar-refractivity contribution in [3.63, 3.8) is 0 Å². The number of hydrogen-bond acceptors (Lipinski definition) is 7. The highest BCUT2D eigenvalue weighted by Gasteiger charge is 2.37. The van der Waals surface area contributed by atoms with E-state index in [2.05, 4.69) is 16.5 Å². The van der Waals surface area contributed by atoms with E-state index >= 15 is 4.39 Å². The summed E-state index contributed by atoms with van der Waals surface area (Å²) in [5.41, 5.74) is 1.08. The number of aryl methyl sites for hydroxylation is 1. The van der Waals surface area contributed by atoms with Crippen LogP contribution in [0.3, 0.4) is 0 Å². The SMILES string of the molecule is C=CC(=O)N1CCN2c3nc(=O)n(-c4c(C)ccnc4C(C)C)c4nc(-c5cc(F)ccc5F)c(Cl)c(c34)OC[C@@H]2C1. The molecule has 3 aromatic heterocycles. The van der Waals surface area contributed by atoms with Crippen molar-refractivity contribution in [1.29, 1.82) is 0 Å². The van der Waals surface area contributed by atoms with Crippen LogP contribution in [0.2, 0.25) is 5.02 Å². The molecule has 1 aromatic carbocycles. The van der Waals surface area contributed by atoms with Gasteiger partial charge < -0.3 is 14.5 Å². The first-order valence-electron chi connectivity index (χ1n) is 13.5. The number of carbonyl (C=O) groups is 1. The lowest BCUT2D eigenvalue weighted by Gasteiger charge is -2.40. The summed E-state index contributed by atoms with van der Waals surface area (Å²) in [7, 11) is 0. The van der Waals surface area contributed by atoms with Crippen molar-refractivity contribution < 1.29 is 18.3 Å². The molecule has 0 spiro atoms. The Balaban J connectivity index is 1.71. The first kappa shape index (κ1) is 27.8.